The molecule has 22 heavy (non-hydrogen) atoms. The molecule has 4 aliphatic carbocycles. The molecular weight excluding hydrogens is 264 g/mol. The summed E-state index contributed by atoms with van der Waals surface area (Å²) in [5.41, 5.74) is 2.82. The third kappa shape index (κ3) is 1.82. The van der Waals surface area contributed by atoms with Gasteiger partial charge in [-0.2, -0.15) is 0 Å². The molecule has 3 fully saturated rings. The Morgan fingerprint density at radius 2 is 2.00 bits per heavy atom. The number of hydrogen-bond acceptors (Lipinski definition) is 0. The second-order valence-electron chi connectivity index (χ2n) is 9.34. The lowest BCUT2D eigenvalue weighted by Crippen LogP contribution is -2.49. The van der Waals surface area contributed by atoms with Crippen molar-refractivity contribution in [1.82, 2.24) is 0 Å². The van der Waals surface area contributed by atoms with Gasteiger partial charge in [-0.3, -0.25) is 0 Å². The van der Waals surface area contributed by atoms with Gasteiger partial charge >= 0.3 is 0 Å². The van der Waals surface area contributed by atoms with E-state index < -0.39 is 0 Å². The summed E-state index contributed by atoms with van der Waals surface area (Å²) in [6.07, 6.45) is 17.5. The lowest BCUT2D eigenvalue weighted by atomic mass is 9.47. The summed E-state index contributed by atoms with van der Waals surface area (Å²) in [6.45, 7) is 10.2. The van der Waals surface area contributed by atoms with Gasteiger partial charge in [0.25, 0.3) is 0 Å². The van der Waals surface area contributed by atoms with Crippen LogP contribution in [0.1, 0.15) is 72.6 Å². The zero-order valence-electron chi connectivity index (χ0n) is 15.1. The van der Waals surface area contributed by atoms with Crippen molar-refractivity contribution in [3.8, 4) is 0 Å². The Morgan fingerprint density at radius 1 is 1.18 bits per heavy atom. The summed E-state index contributed by atoms with van der Waals surface area (Å²) in [4.78, 5) is 0. The molecule has 0 nitrogen and oxygen atoms in total. The number of hydrogen-bond donors (Lipinski definition) is 0. The van der Waals surface area contributed by atoms with Crippen molar-refractivity contribution in [3.63, 3.8) is 0 Å². The summed E-state index contributed by atoms with van der Waals surface area (Å²) < 4.78 is 0. The minimum atomic E-state index is 0.399. The Hall–Kier alpha value is -0.520. The molecule has 0 heterocycles. The SMILES string of the molecule is CC[C@H]1[C@H](C)C[C@H]2[C@@H]3CCC4=CCC=C[C@]4(C)[C@H]3CC[C@@]21C. The minimum Gasteiger partial charge on any atom is -0.0839 e. The summed E-state index contributed by atoms with van der Waals surface area (Å²) in [5.74, 6) is 4.84. The summed E-state index contributed by atoms with van der Waals surface area (Å²) in [5, 5.41) is 0. The fourth-order valence-electron chi connectivity index (χ4n) is 7.68. The number of allylic oxidation sites excluding steroid dienone is 4. The maximum Gasteiger partial charge on any atom is 0.00936 e. The molecule has 0 amide bonds. The summed E-state index contributed by atoms with van der Waals surface area (Å²) in [7, 11) is 0. The average molecular weight is 299 g/mol. The largest absolute Gasteiger partial charge is 0.0839 e. The van der Waals surface area contributed by atoms with Gasteiger partial charge < -0.3 is 0 Å². The van der Waals surface area contributed by atoms with Gasteiger partial charge in [-0.25, -0.2) is 0 Å². The first-order valence-corrected chi connectivity index (χ1v) is 9.88. The zero-order valence-corrected chi connectivity index (χ0v) is 15.1. The van der Waals surface area contributed by atoms with Crippen LogP contribution in [-0.4, -0.2) is 0 Å². The van der Waals surface area contributed by atoms with E-state index in [1.165, 1.54) is 44.9 Å². The maximum atomic E-state index is 2.66. The van der Waals surface area contributed by atoms with Crippen LogP contribution in [0.2, 0.25) is 0 Å². The standard InChI is InChI=1S/C22H34/c1-5-18-15(2)14-20-17-10-9-16-8-6-7-12-21(16,3)19(17)11-13-22(18,20)4/h7-8,12,15,17-20H,5-6,9-11,13-14H2,1-4H3/t15-,17-,18+,19+,20+,21+,22-/m1/s1. The topological polar surface area (TPSA) is 0 Å². The molecule has 0 heteroatoms. The zero-order chi connectivity index (χ0) is 15.5. The van der Waals surface area contributed by atoms with Gasteiger partial charge in [0, 0.05) is 5.41 Å². The fraction of sp³-hybridized carbons (Fsp3) is 0.818. The molecule has 0 unspecified atom stereocenters. The number of fused-ring (bicyclic) bond motifs is 5. The van der Waals surface area contributed by atoms with Crippen molar-refractivity contribution in [2.75, 3.05) is 0 Å². The molecule has 0 aliphatic heterocycles. The van der Waals surface area contributed by atoms with Crippen LogP contribution in [0.4, 0.5) is 0 Å². The van der Waals surface area contributed by atoms with Crippen molar-refractivity contribution >= 4 is 0 Å². The molecule has 0 aromatic heterocycles. The van der Waals surface area contributed by atoms with Crippen molar-refractivity contribution in [2.45, 2.75) is 72.6 Å². The van der Waals surface area contributed by atoms with Gasteiger partial charge in [0.05, 0.1) is 0 Å². The van der Waals surface area contributed by atoms with Crippen molar-refractivity contribution < 1.29 is 0 Å². The monoisotopic (exact) mass is 298 g/mol. The Balaban J connectivity index is 1.69. The molecule has 0 spiro atoms. The van der Waals surface area contributed by atoms with E-state index in [4.69, 9.17) is 0 Å². The summed E-state index contributed by atoms with van der Waals surface area (Å²) in [6, 6.07) is 0. The van der Waals surface area contributed by atoms with Crippen LogP contribution in [0.15, 0.2) is 23.8 Å². The van der Waals surface area contributed by atoms with E-state index >= 15 is 0 Å². The average Bonchev–Trinajstić information content (AvgIpc) is 2.76. The van der Waals surface area contributed by atoms with Gasteiger partial charge in [0.15, 0.2) is 0 Å². The molecule has 3 saturated carbocycles. The molecule has 4 rings (SSSR count). The number of rotatable bonds is 1. The van der Waals surface area contributed by atoms with E-state index in [2.05, 4.69) is 45.9 Å². The van der Waals surface area contributed by atoms with Crippen LogP contribution in [0.5, 0.6) is 0 Å². The fourth-order valence-corrected chi connectivity index (χ4v) is 7.68. The van der Waals surface area contributed by atoms with E-state index in [0.29, 0.717) is 10.8 Å². The Bertz CT molecular complexity index is 512. The molecule has 0 radical (unpaired) electrons. The third-order valence-electron chi connectivity index (χ3n) is 8.65. The first kappa shape index (κ1) is 15.0. The van der Waals surface area contributed by atoms with Crippen LogP contribution in [0, 0.1) is 40.4 Å². The van der Waals surface area contributed by atoms with E-state index in [1.54, 1.807) is 5.57 Å². The van der Waals surface area contributed by atoms with Gasteiger partial charge in [-0.15, -0.1) is 0 Å². The van der Waals surface area contributed by atoms with E-state index in [1.807, 2.05) is 0 Å². The molecule has 4 aliphatic rings. The highest BCUT2D eigenvalue weighted by atomic mass is 14.6. The van der Waals surface area contributed by atoms with E-state index in [0.717, 1.165) is 29.6 Å². The Labute approximate surface area is 137 Å². The first-order valence-electron chi connectivity index (χ1n) is 9.88. The molecule has 122 valence electrons. The highest BCUT2D eigenvalue weighted by molar-refractivity contribution is 5.31. The smallest absolute Gasteiger partial charge is 0.00936 e. The van der Waals surface area contributed by atoms with Crippen LogP contribution in [-0.2, 0) is 0 Å². The molecule has 0 aromatic carbocycles. The summed E-state index contributed by atoms with van der Waals surface area (Å²) >= 11 is 0. The van der Waals surface area contributed by atoms with E-state index in [9.17, 15) is 0 Å². The first-order chi connectivity index (χ1) is 10.5. The molecule has 0 aromatic rings. The van der Waals surface area contributed by atoms with Crippen molar-refractivity contribution in [1.29, 1.82) is 0 Å². The maximum absolute atomic E-state index is 2.66. The van der Waals surface area contributed by atoms with Crippen LogP contribution < -0.4 is 0 Å². The minimum absolute atomic E-state index is 0.399. The predicted octanol–water partition coefficient (Wildman–Crippen LogP) is 6.39. The molecule has 0 saturated heterocycles. The third-order valence-corrected chi connectivity index (χ3v) is 8.65. The van der Waals surface area contributed by atoms with Crippen molar-refractivity contribution in [3.05, 3.63) is 23.8 Å². The quantitative estimate of drug-likeness (QED) is 0.492. The Morgan fingerprint density at radius 3 is 2.77 bits per heavy atom. The van der Waals surface area contributed by atoms with Crippen LogP contribution in [0.25, 0.3) is 0 Å². The normalized spacial score (nSPS) is 53.5. The lowest BCUT2D eigenvalue weighted by Gasteiger charge is -2.57. The van der Waals surface area contributed by atoms with Crippen molar-refractivity contribution in [2.24, 2.45) is 40.4 Å². The highest BCUT2D eigenvalue weighted by Gasteiger charge is 2.59. The predicted molar refractivity (Wildman–Crippen MR) is 94.6 cm³/mol. The highest BCUT2D eigenvalue weighted by Crippen LogP contribution is 2.67. The molecular formula is C22H34. The second kappa shape index (κ2) is 4.99. The molecule has 7 atom stereocenters. The molecule has 0 N–H and O–H groups in total. The lowest BCUT2D eigenvalue weighted by molar-refractivity contribution is -0.0350. The Kier molecular flexibility index (Phi) is 3.41. The molecule has 0 bridgehead atoms. The van der Waals surface area contributed by atoms with Gasteiger partial charge in [-0.1, -0.05) is 57.9 Å². The van der Waals surface area contributed by atoms with Gasteiger partial charge in [-0.05, 0) is 73.5 Å². The van der Waals surface area contributed by atoms with E-state index in [-0.39, 0.29) is 0 Å². The van der Waals surface area contributed by atoms with Gasteiger partial charge in [0.1, 0.15) is 0 Å². The second-order valence-corrected chi connectivity index (χ2v) is 9.34. The van der Waals surface area contributed by atoms with Gasteiger partial charge in [0.2, 0.25) is 0 Å². The van der Waals surface area contributed by atoms with Crippen LogP contribution >= 0.6 is 0 Å². The van der Waals surface area contributed by atoms with Crippen LogP contribution in [0.3, 0.4) is 0 Å².